The van der Waals surface area contributed by atoms with E-state index in [-0.39, 0.29) is 11.9 Å². The van der Waals surface area contributed by atoms with Crippen LogP contribution in [0.25, 0.3) is 0 Å². The van der Waals surface area contributed by atoms with E-state index in [4.69, 9.17) is 9.15 Å². The van der Waals surface area contributed by atoms with E-state index in [1.165, 1.54) is 0 Å². The first-order valence-electron chi connectivity index (χ1n) is 7.73. The molecule has 7 heteroatoms. The number of aryl methyl sites for hydroxylation is 1. The van der Waals surface area contributed by atoms with Gasteiger partial charge in [0.05, 0.1) is 18.8 Å². The van der Waals surface area contributed by atoms with Gasteiger partial charge >= 0.3 is 6.01 Å². The molecule has 0 unspecified atom stereocenters. The van der Waals surface area contributed by atoms with Crippen LogP contribution in [0.4, 0.5) is 11.7 Å². The molecule has 0 spiro atoms. The number of nitrogens with zero attached hydrogens (tertiary/aromatic N) is 3. The maximum absolute atomic E-state index is 12.3. The fourth-order valence-corrected chi connectivity index (χ4v) is 2.69. The van der Waals surface area contributed by atoms with Gasteiger partial charge < -0.3 is 19.4 Å². The van der Waals surface area contributed by atoms with Crippen molar-refractivity contribution in [1.82, 2.24) is 10.2 Å². The molecule has 2 heterocycles. The van der Waals surface area contributed by atoms with E-state index in [0.29, 0.717) is 30.6 Å². The summed E-state index contributed by atoms with van der Waals surface area (Å²) in [4.78, 5) is 14.0. The summed E-state index contributed by atoms with van der Waals surface area (Å²) in [5.41, 5.74) is 0.779. The standard InChI is InChI=1S/C16H20N4O3/c1-3-6-14-18-19-16(23-14)17-11-9-15(21)20(10-11)12-7-4-5-8-13(12)22-2/h4-5,7-8,11H,3,6,9-10H2,1-2H3,(H,17,19)/t11-/m0/s1. The van der Waals surface area contributed by atoms with Crippen LogP contribution in [0.15, 0.2) is 28.7 Å². The summed E-state index contributed by atoms with van der Waals surface area (Å²) in [6.07, 6.45) is 2.08. The number of hydrogen-bond donors (Lipinski definition) is 1. The van der Waals surface area contributed by atoms with Crippen molar-refractivity contribution in [3.63, 3.8) is 0 Å². The van der Waals surface area contributed by atoms with Crippen LogP contribution >= 0.6 is 0 Å². The lowest BCUT2D eigenvalue weighted by Gasteiger charge is -2.19. The average Bonchev–Trinajstić information content (AvgIpc) is 3.14. The average molecular weight is 316 g/mol. The molecule has 1 aliphatic rings. The Hall–Kier alpha value is -2.57. The quantitative estimate of drug-likeness (QED) is 0.880. The lowest BCUT2D eigenvalue weighted by atomic mass is 10.2. The van der Waals surface area contributed by atoms with Crippen LogP contribution in [0.1, 0.15) is 25.7 Å². The van der Waals surface area contributed by atoms with Gasteiger partial charge in [0.1, 0.15) is 5.75 Å². The number of carbonyl (C=O) groups is 1. The van der Waals surface area contributed by atoms with Crippen molar-refractivity contribution < 1.29 is 13.9 Å². The number of benzene rings is 1. The van der Waals surface area contributed by atoms with Crippen molar-refractivity contribution in [2.24, 2.45) is 0 Å². The van der Waals surface area contributed by atoms with E-state index in [9.17, 15) is 4.79 Å². The van der Waals surface area contributed by atoms with Gasteiger partial charge in [-0.2, -0.15) is 0 Å². The van der Waals surface area contributed by atoms with Gasteiger partial charge in [-0.15, -0.1) is 5.10 Å². The minimum atomic E-state index is -0.0673. The maximum atomic E-state index is 12.3. The van der Waals surface area contributed by atoms with Crippen LogP contribution in [0.3, 0.4) is 0 Å². The lowest BCUT2D eigenvalue weighted by Crippen LogP contribution is -2.28. The van der Waals surface area contributed by atoms with Crippen molar-refractivity contribution in [1.29, 1.82) is 0 Å². The van der Waals surface area contributed by atoms with Gasteiger partial charge in [0, 0.05) is 19.4 Å². The molecule has 23 heavy (non-hydrogen) atoms. The molecule has 0 saturated carbocycles. The third-order valence-corrected chi connectivity index (χ3v) is 3.76. The molecule has 122 valence electrons. The van der Waals surface area contributed by atoms with Crippen LogP contribution in [0.5, 0.6) is 5.75 Å². The number of methoxy groups -OCH3 is 1. The SMILES string of the molecule is CCCc1nnc(N[C@H]2CC(=O)N(c3ccccc3OC)C2)o1. The van der Waals surface area contributed by atoms with E-state index in [0.717, 1.165) is 18.5 Å². The summed E-state index contributed by atoms with van der Waals surface area (Å²) in [6.45, 7) is 2.59. The molecular formula is C16H20N4O3. The fourth-order valence-electron chi connectivity index (χ4n) is 2.69. The summed E-state index contributed by atoms with van der Waals surface area (Å²) >= 11 is 0. The topological polar surface area (TPSA) is 80.5 Å². The Morgan fingerprint density at radius 2 is 2.22 bits per heavy atom. The second-order valence-electron chi connectivity index (χ2n) is 5.47. The minimum Gasteiger partial charge on any atom is -0.495 e. The molecule has 1 atom stereocenters. The first kappa shape index (κ1) is 15.3. The Kier molecular flexibility index (Phi) is 4.45. The molecule has 1 fully saturated rings. The number of para-hydroxylation sites is 2. The van der Waals surface area contributed by atoms with Gasteiger partial charge in [-0.05, 0) is 18.6 Å². The van der Waals surface area contributed by atoms with Gasteiger partial charge in [0.2, 0.25) is 11.8 Å². The van der Waals surface area contributed by atoms with E-state index in [1.54, 1.807) is 12.0 Å². The smallest absolute Gasteiger partial charge is 0.315 e. The highest BCUT2D eigenvalue weighted by Gasteiger charge is 2.32. The maximum Gasteiger partial charge on any atom is 0.315 e. The Morgan fingerprint density at radius 3 is 3.00 bits per heavy atom. The second-order valence-corrected chi connectivity index (χ2v) is 5.47. The predicted octanol–water partition coefficient (Wildman–Crippen LogP) is 2.25. The van der Waals surface area contributed by atoms with Crippen molar-refractivity contribution in [2.45, 2.75) is 32.2 Å². The van der Waals surface area contributed by atoms with Crippen LogP contribution < -0.4 is 15.0 Å². The summed E-state index contributed by atoms with van der Waals surface area (Å²) in [5, 5.41) is 11.1. The third kappa shape index (κ3) is 3.28. The first-order valence-corrected chi connectivity index (χ1v) is 7.73. The first-order chi connectivity index (χ1) is 11.2. The van der Waals surface area contributed by atoms with Gasteiger partial charge in [0.15, 0.2) is 0 Å². The molecule has 1 aromatic heterocycles. The van der Waals surface area contributed by atoms with Crippen LogP contribution in [-0.4, -0.2) is 35.8 Å². The van der Waals surface area contributed by atoms with Crippen molar-refractivity contribution in [2.75, 3.05) is 23.9 Å². The van der Waals surface area contributed by atoms with Crippen molar-refractivity contribution >= 4 is 17.6 Å². The predicted molar refractivity (Wildman–Crippen MR) is 85.7 cm³/mol. The van der Waals surface area contributed by atoms with Crippen LogP contribution in [0, 0.1) is 0 Å². The zero-order chi connectivity index (χ0) is 16.2. The Balaban J connectivity index is 1.69. The summed E-state index contributed by atoms with van der Waals surface area (Å²) < 4.78 is 10.9. The molecule has 2 aromatic rings. The molecule has 1 aromatic carbocycles. The molecule has 1 aliphatic heterocycles. The van der Waals surface area contributed by atoms with Gasteiger partial charge in [-0.1, -0.05) is 24.2 Å². The number of amides is 1. The highest BCUT2D eigenvalue weighted by molar-refractivity contribution is 5.97. The molecule has 3 rings (SSSR count). The number of carbonyl (C=O) groups excluding carboxylic acids is 1. The molecule has 7 nitrogen and oxygen atoms in total. The summed E-state index contributed by atoms with van der Waals surface area (Å²) in [6, 6.07) is 7.80. The highest BCUT2D eigenvalue weighted by atomic mass is 16.5. The number of ether oxygens (including phenoxy) is 1. The lowest BCUT2D eigenvalue weighted by molar-refractivity contribution is -0.117. The minimum absolute atomic E-state index is 0.0419. The zero-order valence-electron chi connectivity index (χ0n) is 13.3. The van der Waals surface area contributed by atoms with E-state index in [2.05, 4.69) is 22.4 Å². The van der Waals surface area contributed by atoms with Crippen molar-refractivity contribution in [3.05, 3.63) is 30.2 Å². The van der Waals surface area contributed by atoms with E-state index < -0.39 is 0 Å². The Bertz CT molecular complexity index is 685. The van der Waals surface area contributed by atoms with Gasteiger partial charge in [0.25, 0.3) is 0 Å². The number of hydrogen-bond acceptors (Lipinski definition) is 6. The third-order valence-electron chi connectivity index (χ3n) is 3.76. The Labute approximate surface area is 134 Å². The van der Waals surface area contributed by atoms with E-state index in [1.807, 2.05) is 24.3 Å². The molecule has 1 N–H and O–H groups in total. The van der Waals surface area contributed by atoms with Crippen molar-refractivity contribution in [3.8, 4) is 5.75 Å². The molecule has 0 radical (unpaired) electrons. The molecule has 0 aliphatic carbocycles. The summed E-state index contributed by atoms with van der Waals surface area (Å²) in [5.74, 6) is 1.34. The molecule has 1 saturated heterocycles. The van der Waals surface area contributed by atoms with Gasteiger partial charge in [-0.3, -0.25) is 4.79 Å². The normalized spacial score (nSPS) is 17.6. The zero-order valence-corrected chi connectivity index (χ0v) is 13.3. The number of aromatic nitrogens is 2. The van der Waals surface area contributed by atoms with Gasteiger partial charge in [-0.25, -0.2) is 0 Å². The number of nitrogens with one attached hydrogen (secondary N) is 1. The molecular weight excluding hydrogens is 296 g/mol. The van der Waals surface area contributed by atoms with Crippen LogP contribution in [-0.2, 0) is 11.2 Å². The second kappa shape index (κ2) is 6.68. The summed E-state index contributed by atoms with van der Waals surface area (Å²) in [7, 11) is 1.60. The Morgan fingerprint density at radius 1 is 1.39 bits per heavy atom. The molecule has 1 amide bonds. The van der Waals surface area contributed by atoms with Crippen LogP contribution in [0.2, 0.25) is 0 Å². The fraction of sp³-hybridized carbons (Fsp3) is 0.438. The van der Waals surface area contributed by atoms with E-state index >= 15 is 0 Å². The molecule has 0 bridgehead atoms. The largest absolute Gasteiger partial charge is 0.495 e. The highest BCUT2D eigenvalue weighted by Crippen LogP contribution is 2.31. The number of anilines is 2. The number of rotatable bonds is 6. The monoisotopic (exact) mass is 316 g/mol.